The normalized spacial score (nSPS) is 16.5. The summed E-state index contributed by atoms with van der Waals surface area (Å²) in [6, 6.07) is 19.6. The predicted molar refractivity (Wildman–Crippen MR) is 85.1 cm³/mol. The van der Waals surface area contributed by atoms with E-state index in [1.807, 2.05) is 0 Å². The van der Waals surface area contributed by atoms with Gasteiger partial charge in [0.2, 0.25) is 0 Å². The van der Waals surface area contributed by atoms with Crippen LogP contribution in [0, 0.1) is 0 Å². The van der Waals surface area contributed by atoms with Crippen molar-refractivity contribution in [3.05, 3.63) is 71.3 Å². The first-order chi connectivity index (χ1) is 9.93. The fourth-order valence-electron chi connectivity index (χ4n) is 3.04. The van der Waals surface area contributed by atoms with Crippen molar-refractivity contribution in [3.63, 3.8) is 0 Å². The van der Waals surface area contributed by atoms with Crippen LogP contribution in [-0.4, -0.2) is 13.1 Å². The van der Waals surface area contributed by atoms with Gasteiger partial charge in [0.05, 0.1) is 0 Å². The number of hydrogen-bond acceptors (Lipinski definition) is 1. The molecule has 20 heavy (non-hydrogen) atoms. The minimum absolute atomic E-state index is 0.750. The van der Waals surface area contributed by atoms with Gasteiger partial charge in [-0.3, -0.25) is 0 Å². The molecular weight excluding hydrogens is 242 g/mol. The van der Waals surface area contributed by atoms with Crippen molar-refractivity contribution in [3.8, 4) is 0 Å². The standard InChI is InChI=1S/C19H23N/c1-2-8-16(9-3-1)10-6-7-13-20-15-18-14-17-11-4-5-12-19(17)18/h1-5,8-9,11-12,18,20H,6-7,10,13-15H2. The summed E-state index contributed by atoms with van der Waals surface area (Å²) in [7, 11) is 0. The molecule has 104 valence electrons. The molecule has 2 aromatic rings. The first kappa shape index (κ1) is 13.4. The molecule has 0 saturated carbocycles. The van der Waals surface area contributed by atoms with Gasteiger partial charge >= 0.3 is 0 Å². The number of benzene rings is 2. The van der Waals surface area contributed by atoms with Crippen molar-refractivity contribution >= 4 is 0 Å². The zero-order chi connectivity index (χ0) is 13.6. The Morgan fingerprint density at radius 3 is 2.55 bits per heavy atom. The van der Waals surface area contributed by atoms with Crippen LogP contribution < -0.4 is 5.32 Å². The molecule has 0 bridgehead atoms. The Hall–Kier alpha value is -1.60. The number of rotatable bonds is 7. The number of nitrogens with one attached hydrogen (secondary N) is 1. The SMILES string of the molecule is c1ccc(CCCCNCC2Cc3ccccc32)cc1. The van der Waals surface area contributed by atoms with Gasteiger partial charge in [0, 0.05) is 12.5 Å². The maximum absolute atomic E-state index is 3.61. The van der Waals surface area contributed by atoms with Crippen LogP contribution in [0.1, 0.15) is 35.4 Å². The predicted octanol–water partition coefficient (Wildman–Crippen LogP) is 3.94. The van der Waals surface area contributed by atoms with E-state index in [-0.39, 0.29) is 0 Å². The van der Waals surface area contributed by atoms with Crippen LogP contribution in [0.3, 0.4) is 0 Å². The molecule has 0 amide bonds. The third-order valence-electron chi connectivity index (χ3n) is 4.26. The van der Waals surface area contributed by atoms with Gasteiger partial charge in [-0.25, -0.2) is 0 Å². The zero-order valence-corrected chi connectivity index (χ0v) is 12.0. The zero-order valence-electron chi connectivity index (χ0n) is 12.0. The molecule has 0 aliphatic heterocycles. The van der Waals surface area contributed by atoms with Crippen molar-refractivity contribution in [2.24, 2.45) is 0 Å². The molecule has 1 heteroatoms. The maximum Gasteiger partial charge on any atom is 0.00234 e. The molecule has 1 atom stereocenters. The fourth-order valence-corrected chi connectivity index (χ4v) is 3.04. The summed E-state index contributed by atoms with van der Waals surface area (Å²) in [5, 5.41) is 3.61. The molecule has 1 N–H and O–H groups in total. The average Bonchev–Trinajstić information content (AvgIpc) is 2.48. The van der Waals surface area contributed by atoms with Gasteiger partial charge in [-0.15, -0.1) is 0 Å². The Morgan fingerprint density at radius 2 is 1.70 bits per heavy atom. The largest absolute Gasteiger partial charge is 0.316 e. The van der Waals surface area contributed by atoms with E-state index in [0.29, 0.717) is 0 Å². The molecule has 1 aliphatic carbocycles. The molecule has 3 rings (SSSR count). The van der Waals surface area contributed by atoms with E-state index < -0.39 is 0 Å². The van der Waals surface area contributed by atoms with Crippen LogP contribution in [0.15, 0.2) is 54.6 Å². The van der Waals surface area contributed by atoms with Gasteiger partial charge in [-0.2, -0.15) is 0 Å². The van der Waals surface area contributed by atoms with Crippen LogP contribution in [0.5, 0.6) is 0 Å². The Balaban J connectivity index is 1.29. The summed E-state index contributed by atoms with van der Waals surface area (Å²) in [4.78, 5) is 0. The summed E-state index contributed by atoms with van der Waals surface area (Å²) in [6.07, 6.45) is 5.00. The quantitative estimate of drug-likeness (QED) is 0.748. The smallest absolute Gasteiger partial charge is 0.00234 e. The number of fused-ring (bicyclic) bond motifs is 1. The minimum Gasteiger partial charge on any atom is -0.316 e. The van der Waals surface area contributed by atoms with Gasteiger partial charge < -0.3 is 5.32 Å². The van der Waals surface area contributed by atoms with Crippen molar-refractivity contribution in [1.29, 1.82) is 0 Å². The van der Waals surface area contributed by atoms with Crippen LogP contribution in [0.25, 0.3) is 0 Å². The summed E-state index contributed by atoms with van der Waals surface area (Å²) < 4.78 is 0. The molecule has 0 aromatic heterocycles. The van der Waals surface area contributed by atoms with E-state index in [2.05, 4.69) is 59.9 Å². The number of unbranched alkanes of at least 4 members (excludes halogenated alkanes) is 1. The third-order valence-corrected chi connectivity index (χ3v) is 4.26. The van der Waals surface area contributed by atoms with Gasteiger partial charge in [-0.1, -0.05) is 54.6 Å². The summed E-state index contributed by atoms with van der Waals surface area (Å²) in [5.74, 6) is 0.750. The van der Waals surface area contributed by atoms with E-state index in [1.54, 1.807) is 11.1 Å². The van der Waals surface area contributed by atoms with Crippen LogP contribution in [0.4, 0.5) is 0 Å². The van der Waals surface area contributed by atoms with Crippen molar-refractivity contribution < 1.29 is 0 Å². The van der Waals surface area contributed by atoms with E-state index >= 15 is 0 Å². The second-order valence-corrected chi connectivity index (χ2v) is 5.75. The molecule has 1 nitrogen and oxygen atoms in total. The Morgan fingerprint density at radius 1 is 0.900 bits per heavy atom. The number of hydrogen-bond donors (Lipinski definition) is 1. The highest BCUT2D eigenvalue weighted by atomic mass is 14.9. The Kier molecular flexibility index (Phi) is 4.49. The molecule has 0 fully saturated rings. The van der Waals surface area contributed by atoms with Crippen molar-refractivity contribution in [2.75, 3.05) is 13.1 Å². The summed E-state index contributed by atoms with van der Waals surface area (Å²) >= 11 is 0. The second kappa shape index (κ2) is 6.71. The molecule has 0 heterocycles. The average molecular weight is 265 g/mol. The van der Waals surface area contributed by atoms with Crippen molar-refractivity contribution in [1.82, 2.24) is 5.32 Å². The van der Waals surface area contributed by atoms with Crippen LogP contribution in [-0.2, 0) is 12.8 Å². The second-order valence-electron chi connectivity index (χ2n) is 5.75. The molecular formula is C19H23N. The lowest BCUT2D eigenvalue weighted by atomic mass is 9.77. The molecule has 0 radical (unpaired) electrons. The summed E-state index contributed by atoms with van der Waals surface area (Å²) in [5.41, 5.74) is 4.56. The monoisotopic (exact) mass is 265 g/mol. The highest BCUT2D eigenvalue weighted by molar-refractivity contribution is 5.40. The van der Waals surface area contributed by atoms with Crippen molar-refractivity contribution in [2.45, 2.75) is 31.6 Å². The van der Waals surface area contributed by atoms with Gasteiger partial charge in [0.1, 0.15) is 0 Å². The van der Waals surface area contributed by atoms with Crippen LogP contribution >= 0.6 is 0 Å². The first-order valence-electron chi connectivity index (χ1n) is 7.76. The molecule has 2 aromatic carbocycles. The van der Waals surface area contributed by atoms with Gasteiger partial charge in [-0.05, 0) is 48.9 Å². The van der Waals surface area contributed by atoms with E-state index in [0.717, 1.165) is 19.0 Å². The molecule has 0 saturated heterocycles. The minimum atomic E-state index is 0.750. The molecule has 0 spiro atoms. The fraction of sp³-hybridized carbons (Fsp3) is 0.368. The highest BCUT2D eigenvalue weighted by Gasteiger charge is 2.24. The Bertz CT molecular complexity index is 532. The van der Waals surface area contributed by atoms with E-state index in [1.165, 1.54) is 31.2 Å². The van der Waals surface area contributed by atoms with E-state index in [4.69, 9.17) is 0 Å². The topological polar surface area (TPSA) is 12.0 Å². The highest BCUT2D eigenvalue weighted by Crippen LogP contribution is 2.33. The lowest BCUT2D eigenvalue weighted by molar-refractivity contribution is 0.523. The molecule has 1 unspecified atom stereocenters. The van der Waals surface area contributed by atoms with Gasteiger partial charge in [0.15, 0.2) is 0 Å². The first-order valence-corrected chi connectivity index (χ1v) is 7.76. The van der Waals surface area contributed by atoms with E-state index in [9.17, 15) is 0 Å². The Labute approximate surface area is 122 Å². The summed E-state index contributed by atoms with van der Waals surface area (Å²) in [6.45, 7) is 2.29. The molecule has 1 aliphatic rings. The van der Waals surface area contributed by atoms with Gasteiger partial charge in [0.25, 0.3) is 0 Å². The lowest BCUT2D eigenvalue weighted by Crippen LogP contribution is -2.29. The number of aryl methyl sites for hydroxylation is 1. The maximum atomic E-state index is 3.61. The third kappa shape index (κ3) is 3.29. The van der Waals surface area contributed by atoms with Crippen LogP contribution in [0.2, 0.25) is 0 Å². The lowest BCUT2D eigenvalue weighted by Gasteiger charge is -2.30.